The molecule has 0 fully saturated rings. The Labute approximate surface area is 153 Å². The fourth-order valence-electron chi connectivity index (χ4n) is 2.87. The molecular weight excluding hydrogens is 347 g/mol. The van der Waals surface area contributed by atoms with Crippen molar-refractivity contribution in [1.82, 2.24) is 15.0 Å². The van der Waals surface area contributed by atoms with Crippen molar-refractivity contribution >= 4 is 28.4 Å². The summed E-state index contributed by atoms with van der Waals surface area (Å²) in [7, 11) is 0. The molecule has 27 heavy (non-hydrogen) atoms. The van der Waals surface area contributed by atoms with Crippen molar-refractivity contribution in [2.75, 3.05) is 5.32 Å². The minimum Gasteiger partial charge on any atom is -0.478 e. The molecule has 0 radical (unpaired) electrons. The Hall–Kier alpha value is -3.74. The van der Waals surface area contributed by atoms with Gasteiger partial charge in [0.15, 0.2) is 0 Å². The predicted molar refractivity (Wildman–Crippen MR) is 101 cm³/mol. The largest absolute Gasteiger partial charge is 0.478 e. The lowest BCUT2D eigenvalue weighted by Gasteiger charge is -2.10. The molecule has 0 bridgehead atoms. The number of carboxylic acids is 1. The molecule has 0 aliphatic carbocycles. The van der Waals surface area contributed by atoms with Crippen LogP contribution >= 0.6 is 0 Å². The van der Waals surface area contributed by atoms with Crippen LogP contribution in [-0.4, -0.2) is 26.0 Å². The first-order valence-electron chi connectivity index (χ1n) is 8.21. The number of H-pyrrole nitrogens is 1. The summed E-state index contributed by atoms with van der Waals surface area (Å²) in [6, 6.07) is 11.2. The third-order valence-corrected chi connectivity index (χ3v) is 4.23. The number of aromatic amines is 1. The molecule has 6 nitrogen and oxygen atoms in total. The molecule has 0 unspecified atom stereocenters. The SMILES string of the molecule is Cc1cc(C(=O)O)ccc1Nc1cncc(-c2cc3cc(F)ccc3[nH]2)n1. The number of hydrogen-bond donors (Lipinski definition) is 3. The fourth-order valence-corrected chi connectivity index (χ4v) is 2.87. The van der Waals surface area contributed by atoms with Gasteiger partial charge in [-0.2, -0.15) is 0 Å². The van der Waals surface area contributed by atoms with E-state index in [-0.39, 0.29) is 11.4 Å². The minimum atomic E-state index is -0.971. The average Bonchev–Trinajstić information content (AvgIpc) is 3.06. The van der Waals surface area contributed by atoms with Gasteiger partial charge in [0.05, 0.1) is 23.7 Å². The zero-order valence-electron chi connectivity index (χ0n) is 14.3. The number of anilines is 2. The lowest BCUT2D eigenvalue weighted by Crippen LogP contribution is -2.01. The zero-order valence-corrected chi connectivity index (χ0v) is 14.3. The van der Waals surface area contributed by atoms with Gasteiger partial charge in [-0.05, 0) is 55.0 Å². The number of fused-ring (bicyclic) bond motifs is 1. The first kappa shape index (κ1) is 16.7. The number of aryl methyl sites for hydroxylation is 1. The number of rotatable bonds is 4. The molecule has 0 saturated carbocycles. The molecule has 0 atom stereocenters. The molecule has 0 aliphatic rings. The van der Waals surface area contributed by atoms with E-state index in [0.29, 0.717) is 11.5 Å². The van der Waals surface area contributed by atoms with Gasteiger partial charge in [0.1, 0.15) is 17.3 Å². The fraction of sp³-hybridized carbons (Fsp3) is 0.0500. The number of carbonyl (C=O) groups is 1. The average molecular weight is 362 g/mol. The standard InChI is InChI=1S/C20H15FN4O2/c1-11-6-12(20(26)27)2-4-15(11)24-19-10-22-9-18(25-19)17-8-13-7-14(21)3-5-16(13)23-17/h2-10,23H,1H3,(H,24,25)(H,26,27). The summed E-state index contributed by atoms with van der Waals surface area (Å²) in [6.07, 6.45) is 3.20. The Morgan fingerprint density at radius 1 is 1.15 bits per heavy atom. The quantitative estimate of drug-likeness (QED) is 0.497. The highest BCUT2D eigenvalue weighted by molar-refractivity contribution is 5.89. The second-order valence-corrected chi connectivity index (χ2v) is 6.16. The van der Waals surface area contributed by atoms with E-state index in [1.165, 1.54) is 18.2 Å². The van der Waals surface area contributed by atoms with Crippen LogP contribution < -0.4 is 5.32 Å². The Morgan fingerprint density at radius 3 is 2.78 bits per heavy atom. The van der Waals surface area contributed by atoms with E-state index in [1.54, 1.807) is 30.6 Å². The van der Waals surface area contributed by atoms with Crippen LogP contribution in [0.2, 0.25) is 0 Å². The van der Waals surface area contributed by atoms with Crippen molar-refractivity contribution in [2.45, 2.75) is 6.92 Å². The Morgan fingerprint density at radius 2 is 2.00 bits per heavy atom. The number of hydrogen-bond acceptors (Lipinski definition) is 4. The molecule has 0 saturated heterocycles. The summed E-state index contributed by atoms with van der Waals surface area (Å²) in [5.41, 5.74) is 3.89. The molecule has 4 aromatic rings. The zero-order chi connectivity index (χ0) is 19.0. The van der Waals surface area contributed by atoms with E-state index < -0.39 is 5.97 Å². The minimum absolute atomic E-state index is 0.225. The Balaban J connectivity index is 1.65. The van der Waals surface area contributed by atoms with Gasteiger partial charge in [0.25, 0.3) is 0 Å². The number of carboxylic acid groups (broad SMARTS) is 1. The van der Waals surface area contributed by atoms with Crippen molar-refractivity contribution < 1.29 is 14.3 Å². The summed E-state index contributed by atoms with van der Waals surface area (Å²) >= 11 is 0. The maximum atomic E-state index is 13.4. The van der Waals surface area contributed by atoms with Crippen molar-refractivity contribution in [3.05, 3.63) is 71.8 Å². The summed E-state index contributed by atoms with van der Waals surface area (Å²) < 4.78 is 13.4. The summed E-state index contributed by atoms with van der Waals surface area (Å²) in [6.45, 7) is 1.82. The highest BCUT2D eigenvalue weighted by atomic mass is 19.1. The topological polar surface area (TPSA) is 90.9 Å². The van der Waals surface area contributed by atoms with Gasteiger partial charge in [-0.25, -0.2) is 14.2 Å². The van der Waals surface area contributed by atoms with Crippen LogP contribution in [0.3, 0.4) is 0 Å². The number of halogens is 1. The first-order chi connectivity index (χ1) is 13.0. The van der Waals surface area contributed by atoms with E-state index in [2.05, 4.69) is 20.3 Å². The molecule has 7 heteroatoms. The van der Waals surface area contributed by atoms with Crippen LogP contribution in [0.1, 0.15) is 15.9 Å². The van der Waals surface area contributed by atoms with Crippen LogP contribution in [0.15, 0.2) is 54.9 Å². The third-order valence-electron chi connectivity index (χ3n) is 4.23. The van der Waals surface area contributed by atoms with Crippen LogP contribution in [0.25, 0.3) is 22.3 Å². The molecule has 2 aromatic carbocycles. The lowest BCUT2D eigenvalue weighted by molar-refractivity contribution is 0.0697. The highest BCUT2D eigenvalue weighted by Crippen LogP contribution is 2.25. The van der Waals surface area contributed by atoms with Gasteiger partial charge < -0.3 is 15.4 Å². The van der Waals surface area contributed by atoms with Crippen LogP contribution in [0.4, 0.5) is 15.9 Å². The number of nitrogens with zero attached hydrogens (tertiary/aromatic N) is 2. The lowest BCUT2D eigenvalue weighted by atomic mass is 10.1. The second-order valence-electron chi connectivity index (χ2n) is 6.16. The van der Waals surface area contributed by atoms with Gasteiger partial charge in [-0.15, -0.1) is 0 Å². The number of nitrogens with one attached hydrogen (secondary N) is 2. The van der Waals surface area contributed by atoms with E-state index in [1.807, 2.05) is 13.0 Å². The van der Waals surface area contributed by atoms with E-state index in [9.17, 15) is 9.18 Å². The molecule has 0 amide bonds. The Kier molecular flexibility index (Phi) is 4.04. The third kappa shape index (κ3) is 3.35. The number of benzene rings is 2. The van der Waals surface area contributed by atoms with E-state index in [4.69, 9.17) is 5.11 Å². The van der Waals surface area contributed by atoms with Gasteiger partial charge in [0.2, 0.25) is 0 Å². The molecule has 4 rings (SSSR count). The maximum absolute atomic E-state index is 13.4. The second kappa shape index (κ2) is 6.53. The van der Waals surface area contributed by atoms with E-state index >= 15 is 0 Å². The summed E-state index contributed by atoms with van der Waals surface area (Å²) in [4.78, 5) is 23.0. The van der Waals surface area contributed by atoms with Crippen molar-refractivity contribution in [3.8, 4) is 11.4 Å². The van der Waals surface area contributed by atoms with Crippen LogP contribution in [0.5, 0.6) is 0 Å². The smallest absolute Gasteiger partial charge is 0.335 e. The van der Waals surface area contributed by atoms with Gasteiger partial charge in [-0.1, -0.05) is 0 Å². The number of aromatic nitrogens is 3. The normalized spacial score (nSPS) is 10.9. The number of aromatic carboxylic acids is 1. The van der Waals surface area contributed by atoms with Crippen molar-refractivity contribution in [3.63, 3.8) is 0 Å². The van der Waals surface area contributed by atoms with Gasteiger partial charge >= 0.3 is 5.97 Å². The molecule has 0 spiro atoms. The van der Waals surface area contributed by atoms with Crippen molar-refractivity contribution in [1.29, 1.82) is 0 Å². The molecule has 2 aromatic heterocycles. The van der Waals surface area contributed by atoms with Crippen LogP contribution in [-0.2, 0) is 0 Å². The predicted octanol–water partition coefficient (Wildman–Crippen LogP) is 4.51. The maximum Gasteiger partial charge on any atom is 0.335 e. The first-order valence-corrected chi connectivity index (χ1v) is 8.21. The molecular formula is C20H15FN4O2. The van der Waals surface area contributed by atoms with E-state index in [0.717, 1.165) is 27.8 Å². The molecule has 2 heterocycles. The Bertz CT molecular complexity index is 1170. The van der Waals surface area contributed by atoms with Gasteiger partial charge in [-0.3, -0.25) is 4.98 Å². The van der Waals surface area contributed by atoms with Gasteiger partial charge in [0, 0.05) is 16.6 Å². The molecule has 134 valence electrons. The van der Waals surface area contributed by atoms with Crippen molar-refractivity contribution in [2.24, 2.45) is 0 Å². The molecule has 3 N–H and O–H groups in total. The monoisotopic (exact) mass is 362 g/mol. The highest BCUT2D eigenvalue weighted by Gasteiger charge is 2.09. The van der Waals surface area contributed by atoms with Crippen LogP contribution in [0, 0.1) is 12.7 Å². The summed E-state index contributed by atoms with van der Waals surface area (Å²) in [5, 5.41) is 13.0. The summed E-state index contributed by atoms with van der Waals surface area (Å²) in [5.74, 6) is -0.750. The molecule has 0 aliphatic heterocycles.